The number of benzene rings is 3. The van der Waals surface area contributed by atoms with Crippen LogP contribution < -0.4 is 9.47 Å². The van der Waals surface area contributed by atoms with Crippen LogP contribution in [-0.4, -0.2) is 46.5 Å². The standard InChI is InChI=1S/C31H26IN3O5S/c1-2-39-26-14-20(13-25(32)29(26)40-19-24-10-6-4-8-22(24)16-33)15-27-30(37)35(31(38)41-27)18-28(36)34-12-11-21-7-3-5-9-23(21)17-34/h3-10,13-15H,2,11-12,17-19H2,1H3/b27-15-. The van der Waals surface area contributed by atoms with E-state index in [0.717, 1.165) is 37.8 Å². The predicted molar refractivity (Wildman–Crippen MR) is 164 cm³/mol. The number of hydrogen-bond donors (Lipinski definition) is 0. The smallest absolute Gasteiger partial charge is 0.294 e. The Kier molecular flexibility index (Phi) is 8.95. The first kappa shape index (κ1) is 28.7. The van der Waals surface area contributed by atoms with Gasteiger partial charge in [-0.3, -0.25) is 19.3 Å². The number of hydrogen-bond acceptors (Lipinski definition) is 7. The first-order valence-electron chi connectivity index (χ1n) is 13.0. The van der Waals surface area contributed by atoms with Crippen molar-refractivity contribution < 1.29 is 23.9 Å². The van der Waals surface area contributed by atoms with Crippen molar-refractivity contribution in [1.29, 1.82) is 5.26 Å². The fourth-order valence-electron chi connectivity index (χ4n) is 4.71. The molecule has 2 heterocycles. The van der Waals surface area contributed by atoms with Crippen LogP contribution in [0.15, 0.2) is 65.6 Å². The quantitative estimate of drug-likeness (QED) is 0.221. The SMILES string of the molecule is CCOc1cc(/C=C2\SC(=O)N(CC(=O)N3CCc4ccccc4C3)C2=O)cc(I)c1OCc1ccccc1C#N. The van der Waals surface area contributed by atoms with Gasteiger partial charge in [0.1, 0.15) is 13.2 Å². The lowest BCUT2D eigenvalue weighted by Gasteiger charge is -2.29. The van der Waals surface area contributed by atoms with E-state index in [1.165, 1.54) is 5.56 Å². The maximum Gasteiger partial charge on any atom is 0.294 e. The van der Waals surface area contributed by atoms with Gasteiger partial charge in [0.15, 0.2) is 11.5 Å². The van der Waals surface area contributed by atoms with E-state index in [-0.39, 0.29) is 24.0 Å². The molecule has 3 amide bonds. The molecule has 8 nitrogen and oxygen atoms in total. The number of fused-ring (bicyclic) bond motifs is 1. The van der Waals surface area contributed by atoms with E-state index in [2.05, 4.69) is 34.7 Å². The topological polar surface area (TPSA) is 99.9 Å². The van der Waals surface area contributed by atoms with Gasteiger partial charge in [-0.05, 0) is 88.7 Å². The average molecular weight is 680 g/mol. The highest BCUT2D eigenvalue weighted by molar-refractivity contribution is 14.1. The van der Waals surface area contributed by atoms with Gasteiger partial charge in [0.2, 0.25) is 5.91 Å². The lowest BCUT2D eigenvalue weighted by atomic mass is 10.00. The normalized spacial score (nSPS) is 15.6. The van der Waals surface area contributed by atoms with E-state index in [1.807, 2.05) is 43.3 Å². The summed E-state index contributed by atoms with van der Waals surface area (Å²) in [7, 11) is 0. The van der Waals surface area contributed by atoms with Crippen molar-refractivity contribution >= 4 is 57.5 Å². The van der Waals surface area contributed by atoms with Gasteiger partial charge in [-0.15, -0.1) is 0 Å². The Balaban J connectivity index is 1.30. The molecule has 2 aliphatic rings. The van der Waals surface area contributed by atoms with E-state index >= 15 is 0 Å². The van der Waals surface area contributed by atoms with E-state index < -0.39 is 11.1 Å². The van der Waals surface area contributed by atoms with Crippen LogP contribution >= 0.6 is 34.4 Å². The van der Waals surface area contributed by atoms with Crippen molar-refractivity contribution in [3.05, 3.63) is 97.0 Å². The van der Waals surface area contributed by atoms with Crippen molar-refractivity contribution in [3.8, 4) is 17.6 Å². The lowest BCUT2D eigenvalue weighted by molar-refractivity contribution is -0.136. The number of nitrogens with zero attached hydrogens (tertiary/aromatic N) is 3. The molecular weight excluding hydrogens is 653 g/mol. The Morgan fingerprint density at radius 2 is 1.85 bits per heavy atom. The van der Waals surface area contributed by atoms with Gasteiger partial charge >= 0.3 is 0 Å². The minimum Gasteiger partial charge on any atom is -0.490 e. The van der Waals surface area contributed by atoms with E-state index in [0.29, 0.717) is 42.3 Å². The summed E-state index contributed by atoms with van der Waals surface area (Å²) in [6.07, 6.45) is 2.38. The maximum absolute atomic E-state index is 13.2. The van der Waals surface area contributed by atoms with Crippen LogP contribution in [0.3, 0.4) is 0 Å². The molecule has 0 bridgehead atoms. The molecule has 0 unspecified atom stereocenters. The number of carbonyl (C=O) groups is 3. The van der Waals surface area contributed by atoms with Gasteiger partial charge in [-0.2, -0.15) is 5.26 Å². The second-order valence-corrected chi connectivity index (χ2v) is 11.6. The summed E-state index contributed by atoms with van der Waals surface area (Å²) in [6.45, 7) is 3.17. The van der Waals surface area contributed by atoms with Crippen LogP contribution in [-0.2, 0) is 29.2 Å². The van der Waals surface area contributed by atoms with Crippen molar-refractivity contribution in [3.63, 3.8) is 0 Å². The Labute approximate surface area is 256 Å². The molecule has 0 saturated carbocycles. The van der Waals surface area contributed by atoms with E-state index in [4.69, 9.17) is 9.47 Å². The summed E-state index contributed by atoms with van der Waals surface area (Å²) in [6, 6.07) is 21.0. The third-order valence-electron chi connectivity index (χ3n) is 6.79. The highest BCUT2D eigenvalue weighted by Crippen LogP contribution is 2.38. The summed E-state index contributed by atoms with van der Waals surface area (Å²) in [5.41, 5.74) is 4.26. The van der Waals surface area contributed by atoms with Crippen LogP contribution in [0.2, 0.25) is 0 Å². The molecule has 5 rings (SSSR count). The number of nitriles is 1. The molecule has 0 aliphatic carbocycles. The average Bonchev–Trinajstić information content (AvgIpc) is 3.23. The summed E-state index contributed by atoms with van der Waals surface area (Å²) in [4.78, 5) is 41.9. The van der Waals surface area contributed by atoms with Gasteiger partial charge < -0.3 is 14.4 Å². The molecule has 1 saturated heterocycles. The van der Waals surface area contributed by atoms with Crippen LogP contribution in [0.25, 0.3) is 6.08 Å². The zero-order chi connectivity index (χ0) is 28.9. The second-order valence-electron chi connectivity index (χ2n) is 9.42. The molecule has 3 aromatic carbocycles. The molecule has 3 aromatic rings. The Morgan fingerprint density at radius 1 is 1.10 bits per heavy atom. The lowest BCUT2D eigenvalue weighted by Crippen LogP contribution is -2.44. The highest BCUT2D eigenvalue weighted by atomic mass is 127. The number of halogens is 1. The second kappa shape index (κ2) is 12.8. The Bertz CT molecular complexity index is 1600. The predicted octanol–water partition coefficient (Wildman–Crippen LogP) is 5.76. The highest BCUT2D eigenvalue weighted by Gasteiger charge is 2.37. The van der Waals surface area contributed by atoms with Crippen LogP contribution in [0.1, 0.15) is 34.7 Å². The van der Waals surface area contributed by atoms with Gasteiger partial charge in [-0.25, -0.2) is 0 Å². The first-order chi connectivity index (χ1) is 19.9. The number of ether oxygens (including phenoxy) is 2. The molecule has 0 radical (unpaired) electrons. The molecule has 208 valence electrons. The van der Waals surface area contributed by atoms with Crippen LogP contribution in [0.4, 0.5) is 4.79 Å². The molecule has 1 fully saturated rings. The molecule has 0 aromatic heterocycles. The van der Waals surface area contributed by atoms with Crippen LogP contribution in [0.5, 0.6) is 11.5 Å². The molecule has 2 aliphatic heterocycles. The zero-order valence-corrected chi connectivity index (χ0v) is 25.2. The van der Waals surface area contributed by atoms with E-state index in [9.17, 15) is 19.6 Å². The third kappa shape index (κ3) is 6.41. The third-order valence-corrected chi connectivity index (χ3v) is 8.50. The maximum atomic E-state index is 13.2. The van der Waals surface area contributed by atoms with E-state index in [1.54, 1.807) is 29.2 Å². The number of amides is 3. The van der Waals surface area contributed by atoms with Gasteiger partial charge in [0.05, 0.1) is 26.7 Å². The summed E-state index contributed by atoms with van der Waals surface area (Å²) in [5, 5.41) is 8.90. The molecule has 0 N–H and O–H groups in total. The number of carbonyl (C=O) groups excluding carboxylic acids is 3. The summed E-state index contributed by atoms with van der Waals surface area (Å²) in [5.74, 6) is 0.266. The largest absolute Gasteiger partial charge is 0.490 e. The minimum absolute atomic E-state index is 0.189. The Morgan fingerprint density at radius 3 is 2.63 bits per heavy atom. The van der Waals surface area contributed by atoms with Crippen molar-refractivity contribution in [2.45, 2.75) is 26.5 Å². The summed E-state index contributed by atoms with van der Waals surface area (Å²) >= 11 is 2.95. The number of thioether (sulfide) groups is 1. The van der Waals surface area contributed by atoms with Gasteiger partial charge in [0.25, 0.3) is 11.1 Å². The minimum atomic E-state index is -0.493. The zero-order valence-electron chi connectivity index (χ0n) is 22.3. The number of imide groups is 1. The van der Waals surface area contributed by atoms with Crippen LogP contribution in [0, 0.1) is 14.9 Å². The number of rotatable bonds is 8. The first-order valence-corrected chi connectivity index (χ1v) is 14.9. The van der Waals surface area contributed by atoms with Gasteiger partial charge in [-0.1, -0.05) is 42.5 Å². The molecule has 0 atom stereocenters. The fourth-order valence-corrected chi connectivity index (χ4v) is 6.33. The fraction of sp³-hybridized carbons (Fsp3) is 0.226. The van der Waals surface area contributed by atoms with Crippen molar-refractivity contribution in [2.24, 2.45) is 0 Å². The summed E-state index contributed by atoms with van der Waals surface area (Å²) < 4.78 is 12.7. The molecule has 41 heavy (non-hydrogen) atoms. The van der Waals surface area contributed by atoms with Gasteiger partial charge in [0, 0.05) is 18.7 Å². The van der Waals surface area contributed by atoms with Crippen molar-refractivity contribution in [1.82, 2.24) is 9.80 Å². The molecule has 10 heteroatoms. The van der Waals surface area contributed by atoms with Crippen molar-refractivity contribution in [2.75, 3.05) is 19.7 Å². The molecule has 0 spiro atoms. The Hall–Kier alpha value is -3.82. The molecular formula is C31H26IN3O5S. The monoisotopic (exact) mass is 679 g/mol.